The van der Waals surface area contributed by atoms with Crippen LogP contribution in [-0.2, 0) is 0 Å². The maximum absolute atomic E-state index is 10.6. The van der Waals surface area contributed by atoms with Gasteiger partial charge in [-0.15, -0.1) is 15.3 Å². The van der Waals surface area contributed by atoms with Crippen LogP contribution in [0, 0.1) is 11.3 Å². The summed E-state index contributed by atoms with van der Waals surface area (Å²) < 4.78 is 1.44. The topological polar surface area (TPSA) is 129 Å². The lowest BCUT2D eigenvalue weighted by molar-refractivity contribution is 0.215. The van der Waals surface area contributed by atoms with E-state index in [1.54, 1.807) is 24.4 Å². The molecule has 33 heavy (non-hydrogen) atoms. The first-order valence-corrected chi connectivity index (χ1v) is 11.6. The van der Waals surface area contributed by atoms with Gasteiger partial charge in [0.15, 0.2) is 17.3 Å². The molecule has 2 aliphatic heterocycles. The Balaban J connectivity index is 1.24. The fraction of sp³-hybridized carbons (Fsp3) is 0.478. The van der Waals surface area contributed by atoms with Gasteiger partial charge in [0, 0.05) is 30.2 Å². The lowest BCUT2D eigenvalue weighted by Gasteiger charge is -2.45. The van der Waals surface area contributed by atoms with Crippen molar-refractivity contribution in [3.63, 3.8) is 0 Å². The average Bonchev–Trinajstić information content (AvgIpc) is 3.54. The second kappa shape index (κ2) is 8.08. The van der Waals surface area contributed by atoms with Gasteiger partial charge in [-0.3, -0.25) is 0 Å². The molecule has 0 radical (unpaired) electrons. The van der Waals surface area contributed by atoms with Crippen LogP contribution < -0.4 is 10.2 Å². The Labute approximate surface area is 191 Å². The number of fused-ring (bicyclic) bond motifs is 2. The monoisotopic (exact) mass is 443 g/mol. The molecular formula is C23H25N9O. The number of rotatable bonds is 5. The number of benzene rings is 1. The van der Waals surface area contributed by atoms with Crippen LogP contribution in [0.15, 0.2) is 30.6 Å². The van der Waals surface area contributed by atoms with Crippen molar-refractivity contribution in [1.29, 1.82) is 5.26 Å². The van der Waals surface area contributed by atoms with E-state index >= 15 is 0 Å². The fourth-order valence-corrected chi connectivity index (χ4v) is 5.29. The molecule has 0 spiro atoms. The van der Waals surface area contributed by atoms with Gasteiger partial charge in [0.05, 0.1) is 23.6 Å². The third-order valence-electron chi connectivity index (χ3n) is 6.93. The maximum Gasteiger partial charge on any atom is 0.185 e. The van der Waals surface area contributed by atoms with Gasteiger partial charge in [0.2, 0.25) is 0 Å². The number of anilines is 1. The van der Waals surface area contributed by atoms with E-state index in [-0.39, 0.29) is 11.4 Å². The molecule has 168 valence electrons. The molecule has 6 rings (SSSR count). The van der Waals surface area contributed by atoms with Crippen molar-refractivity contribution in [2.45, 2.75) is 69.1 Å². The summed E-state index contributed by atoms with van der Waals surface area (Å²) in [5.41, 5.74) is 1.29. The zero-order valence-corrected chi connectivity index (χ0v) is 18.2. The van der Waals surface area contributed by atoms with Crippen molar-refractivity contribution in [3.05, 3.63) is 36.3 Å². The molecule has 0 amide bonds. The number of phenolic OH excluding ortho intramolecular Hbond substituents is 1. The minimum atomic E-state index is 0.0151. The first-order chi connectivity index (χ1) is 16.2. The summed E-state index contributed by atoms with van der Waals surface area (Å²) in [5.74, 6) is 1.22. The van der Waals surface area contributed by atoms with Crippen molar-refractivity contribution in [3.8, 4) is 28.9 Å². The highest BCUT2D eigenvalue weighted by atomic mass is 16.3. The summed E-state index contributed by atoms with van der Waals surface area (Å²) >= 11 is 0. The molecule has 2 aromatic heterocycles. The van der Waals surface area contributed by atoms with E-state index in [1.807, 2.05) is 6.07 Å². The second-order valence-electron chi connectivity index (χ2n) is 9.26. The lowest BCUT2D eigenvalue weighted by Crippen LogP contribution is -2.55. The molecular weight excluding hydrogens is 418 g/mol. The Morgan fingerprint density at radius 1 is 1.06 bits per heavy atom. The molecule has 2 N–H and O–H groups in total. The van der Waals surface area contributed by atoms with Gasteiger partial charge in [0.25, 0.3) is 0 Å². The molecule has 1 aromatic carbocycles. The number of nitriles is 1. The molecule has 3 aromatic rings. The lowest BCUT2D eigenvalue weighted by atomic mass is 9.83. The van der Waals surface area contributed by atoms with E-state index in [1.165, 1.54) is 43.0 Å². The van der Waals surface area contributed by atoms with Crippen molar-refractivity contribution in [2.24, 2.45) is 0 Å². The molecule has 2 saturated heterocycles. The fourth-order valence-electron chi connectivity index (χ4n) is 5.29. The average molecular weight is 444 g/mol. The summed E-state index contributed by atoms with van der Waals surface area (Å²) in [6.07, 6.45) is 11.8. The van der Waals surface area contributed by atoms with E-state index in [4.69, 9.17) is 5.26 Å². The number of nitrogens with one attached hydrogen (secondary N) is 1. The molecule has 10 nitrogen and oxygen atoms in total. The Kier molecular flexibility index (Phi) is 4.91. The van der Waals surface area contributed by atoms with Crippen LogP contribution in [0.4, 0.5) is 5.82 Å². The third-order valence-corrected chi connectivity index (χ3v) is 6.93. The molecule has 1 saturated carbocycles. The van der Waals surface area contributed by atoms with Crippen LogP contribution in [0.1, 0.15) is 50.6 Å². The van der Waals surface area contributed by atoms with Crippen LogP contribution in [0.3, 0.4) is 0 Å². The Morgan fingerprint density at radius 3 is 2.52 bits per heavy atom. The Morgan fingerprint density at radius 2 is 1.88 bits per heavy atom. The van der Waals surface area contributed by atoms with Gasteiger partial charge in [-0.2, -0.15) is 5.26 Å². The first kappa shape index (κ1) is 20.1. The molecule has 3 atom stereocenters. The predicted octanol–water partition coefficient (Wildman–Crippen LogP) is 2.34. The predicted molar refractivity (Wildman–Crippen MR) is 120 cm³/mol. The van der Waals surface area contributed by atoms with Crippen LogP contribution in [-0.4, -0.2) is 59.4 Å². The van der Waals surface area contributed by atoms with E-state index in [0.29, 0.717) is 41.2 Å². The standard InChI is InChI=1S/C23H25N9O/c24-11-16-13-31(30-27-16)18-6-7-20(21(33)10-18)23-25-12-22(28-29-23)32(17-4-5-17)19-8-14-2-1-3-15(9-19)26-14/h6-7,10,12-15,17,19,26,33H,1-5,8-9H2/t14-,15+,19?. The molecule has 1 aliphatic carbocycles. The Hall–Kier alpha value is -3.58. The zero-order chi connectivity index (χ0) is 22.4. The van der Waals surface area contributed by atoms with Gasteiger partial charge >= 0.3 is 0 Å². The quantitative estimate of drug-likeness (QED) is 0.610. The van der Waals surface area contributed by atoms with E-state index in [2.05, 4.69) is 35.7 Å². The molecule has 1 unspecified atom stereocenters. The number of hydrogen-bond acceptors (Lipinski definition) is 9. The summed E-state index contributed by atoms with van der Waals surface area (Å²) in [6.45, 7) is 0. The smallest absolute Gasteiger partial charge is 0.185 e. The van der Waals surface area contributed by atoms with Gasteiger partial charge in [-0.05, 0) is 50.7 Å². The minimum absolute atomic E-state index is 0.0151. The van der Waals surface area contributed by atoms with Crippen LogP contribution >= 0.6 is 0 Å². The maximum atomic E-state index is 10.6. The number of aromatic nitrogens is 6. The molecule has 3 fully saturated rings. The number of aromatic hydroxyl groups is 1. The third kappa shape index (κ3) is 3.89. The summed E-state index contributed by atoms with van der Waals surface area (Å²) in [4.78, 5) is 7.01. The Bertz CT molecular complexity index is 1190. The number of phenols is 1. The van der Waals surface area contributed by atoms with Crippen molar-refractivity contribution < 1.29 is 5.11 Å². The van der Waals surface area contributed by atoms with Gasteiger partial charge in [-0.25, -0.2) is 9.67 Å². The summed E-state index contributed by atoms with van der Waals surface area (Å²) in [5, 5.41) is 39.9. The normalized spacial score (nSPS) is 24.3. The van der Waals surface area contributed by atoms with E-state index < -0.39 is 0 Å². The summed E-state index contributed by atoms with van der Waals surface area (Å²) in [6, 6.07) is 9.20. The number of hydrogen-bond donors (Lipinski definition) is 2. The van der Waals surface area contributed by atoms with Crippen LogP contribution in [0.2, 0.25) is 0 Å². The van der Waals surface area contributed by atoms with Crippen molar-refractivity contribution in [2.75, 3.05) is 4.90 Å². The highest BCUT2D eigenvalue weighted by Gasteiger charge is 2.40. The van der Waals surface area contributed by atoms with Crippen LogP contribution in [0.25, 0.3) is 17.1 Å². The van der Waals surface area contributed by atoms with E-state index in [9.17, 15) is 5.11 Å². The van der Waals surface area contributed by atoms with Gasteiger partial charge < -0.3 is 15.3 Å². The SMILES string of the molecule is N#Cc1cn(-c2ccc(-c3ncc(N(C4CC4)C4C[C@H]5CCC[C@@H](C4)N5)nn3)c(O)c2)nn1. The molecule has 4 heterocycles. The minimum Gasteiger partial charge on any atom is -0.507 e. The first-order valence-electron chi connectivity index (χ1n) is 11.6. The number of piperidine rings is 2. The second-order valence-corrected chi connectivity index (χ2v) is 9.26. The van der Waals surface area contributed by atoms with Gasteiger partial charge in [-0.1, -0.05) is 11.6 Å². The molecule has 3 aliphatic rings. The van der Waals surface area contributed by atoms with Crippen LogP contribution in [0.5, 0.6) is 5.75 Å². The highest BCUT2D eigenvalue weighted by Crippen LogP contribution is 2.38. The highest BCUT2D eigenvalue weighted by molar-refractivity contribution is 5.66. The number of nitrogens with zero attached hydrogens (tertiary/aromatic N) is 8. The van der Waals surface area contributed by atoms with E-state index in [0.717, 1.165) is 18.7 Å². The molecule has 10 heteroatoms. The summed E-state index contributed by atoms with van der Waals surface area (Å²) in [7, 11) is 0. The van der Waals surface area contributed by atoms with Crippen molar-refractivity contribution in [1.82, 2.24) is 35.5 Å². The van der Waals surface area contributed by atoms with Gasteiger partial charge in [0.1, 0.15) is 11.8 Å². The largest absolute Gasteiger partial charge is 0.507 e. The zero-order valence-electron chi connectivity index (χ0n) is 18.2. The molecule has 2 bridgehead atoms. The van der Waals surface area contributed by atoms with Crippen molar-refractivity contribution >= 4 is 5.82 Å².